The second-order valence-corrected chi connectivity index (χ2v) is 7.23. The minimum Gasteiger partial charge on any atom is -0.496 e. The molecule has 0 heterocycles. The molecule has 0 atom stereocenters. The second-order valence-electron chi connectivity index (χ2n) is 4.94. The lowest BCUT2D eigenvalue weighted by Gasteiger charge is -2.23. The van der Waals surface area contributed by atoms with Gasteiger partial charge in [0.05, 0.1) is 24.2 Å². The Balaban J connectivity index is 2.53. The molecule has 0 aliphatic heterocycles. The van der Waals surface area contributed by atoms with E-state index in [9.17, 15) is 8.42 Å². The van der Waals surface area contributed by atoms with Crippen LogP contribution in [0.1, 0.15) is 5.56 Å². The molecule has 0 amide bonds. The fraction of sp³-hybridized carbons (Fsp3) is 0.176. The SMILES string of the molecule is C=CCN(c1cccc(Cl)c1)S(=O)(=O)c1ccc(OC)c(C)c1. The third kappa shape index (κ3) is 3.68. The number of benzene rings is 2. The van der Waals surface area contributed by atoms with Crippen LogP contribution in [0.15, 0.2) is 60.0 Å². The number of rotatable bonds is 6. The van der Waals surface area contributed by atoms with Gasteiger partial charge >= 0.3 is 0 Å². The summed E-state index contributed by atoms with van der Waals surface area (Å²) in [5, 5.41) is 0.470. The van der Waals surface area contributed by atoms with Crippen LogP contribution in [0.5, 0.6) is 5.75 Å². The zero-order valence-electron chi connectivity index (χ0n) is 13.0. The van der Waals surface area contributed by atoms with Crippen LogP contribution >= 0.6 is 11.6 Å². The highest BCUT2D eigenvalue weighted by Gasteiger charge is 2.24. The first-order chi connectivity index (χ1) is 10.9. The van der Waals surface area contributed by atoms with Crippen molar-refractivity contribution >= 4 is 27.3 Å². The summed E-state index contributed by atoms with van der Waals surface area (Å²) in [6, 6.07) is 11.5. The van der Waals surface area contributed by atoms with Crippen LogP contribution in [0, 0.1) is 6.92 Å². The highest BCUT2D eigenvalue weighted by atomic mass is 35.5. The van der Waals surface area contributed by atoms with Gasteiger partial charge in [-0.3, -0.25) is 4.31 Å². The van der Waals surface area contributed by atoms with Crippen molar-refractivity contribution in [1.29, 1.82) is 0 Å². The Bertz CT molecular complexity index is 818. The summed E-state index contributed by atoms with van der Waals surface area (Å²) in [6.07, 6.45) is 1.54. The summed E-state index contributed by atoms with van der Waals surface area (Å²) in [5.41, 5.74) is 1.24. The molecule has 122 valence electrons. The smallest absolute Gasteiger partial charge is 0.264 e. The van der Waals surface area contributed by atoms with Crippen LogP contribution in [0.4, 0.5) is 5.69 Å². The number of hydrogen-bond acceptors (Lipinski definition) is 3. The molecule has 2 rings (SSSR count). The molecule has 0 radical (unpaired) electrons. The molecule has 0 aliphatic carbocycles. The van der Waals surface area contributed by atoms with E-state index >= 15 is 0 Å². The maximum Gasteiger partial charge on any atom is 0.264 e. The van der Waals surface area contributed by atoms with Gasteiger partial charge in [0.15, 0.2) is 0 Å². The van der Waals surface area contributed by atoms with Gasteiger partial charge in [0.1, 0.15) is 5.75 Å². The van der Waals surface area contributed by atoms with E-state index in [4.69, 9.17) is 16.3 Å². The molecule has 2 aromatic carbocycles. The minimum absolute atomic E-state index is 0.147. The fourth-order valence-corrected chi connectivity index (χ4v) is 3.93. The van der Waals surface area contributed by atoms with Gasteiger partial charge in [0, 0.05) is 5.02 Å². The summed E-state index contributed by atoms with van der Waals surface area (Å²) in [6.45, 7) is 5.59. The molecule has 0 saturated heterocycles. The van der Waals surface area contributed by atoms with Gasteiger partial charge in [-0.05, 0) is 48.9 Å². The molecule has 0 saturated carbocycles. The van der Waals surface area contributed by atoms with Crippen molar-refractivity contribution in [2.45, 2.75) is 11.8 Å². The Kier molecular flexibility index (Phi) is 5.34. The number of halogens is 1. The van der Waals surface area contributed by atoms with Crippen molar-refractivity contribution in [3.63, 3.8) is 0 Å². The molecule has 4 nitrogen and oxygen atoms in total. The highest BCUT2D eigenvalue weighted by molar-refractivity contribution is 7.92. The van der Waals surface area contributed by atoms with E-state index in [0.717, 1.165) is 5.56 Å². The minimum atomic E-state index is -3.73. The van der Waals surface area contributed by atoms with Crippen molar-refractivity contribution in [2.24, 2.45) is 0 Å². The molecule has 0 aliphatic rings. The van der Waals surface area contributed by atoms with E-state index in [2.05, 4.69) is 6.58 Å². The number of sulfonamides is 1. The van der Waals surface area contributed by atoms with Gasteiger partial charge in [0.2, 0.25) is 0 Å². The van der Waals surface area contributed by atoms with Crippen LogP contribution < -0.4 is 9.04 Å². The molecular weight excluding hydrogens is 334 g/mol. The third-order valence-electron chi connectivity index (χ3n) is 3.35. The molecule has 0 spiro atoms. The lowest BCUT2D eigenvalue weighted by atomic mass is 10.2. The maximum absolute atomic E-state index is 13.0. The lowest BCUT2D eigenvalue weighted by Crippen LogP contribution is -2.31. The van der Waals surface area contributed by atoms with Crippen LogP contribution in [0.25, 0.3) is 0 Å². The van der Waals surface area contributed by atoms with Gasteiger partial charge in [-0.15, -0.1) is 6.58 Å². The van der Waals surface area contributed by atoms with Gasteiger partial charge < -0.3 is 4.74 Å². The third-order valence-corrected chi connectivity index (χ3v) is 5.37. The Morgan fingerprint density at radius 3 is 2.57 bits per heavy atom. The molecule has 0 N–H and O–H groups in total. The first-order valence-electron chi connectivity index (χ1n) is 6.94. The lowest BCUT2D eigenvalue weighted by molar-refractivity contribution is 0.411. The van der Waals surface area contributed by atoms with E-state index in [1.165, 1.54) is 16.4 Å². The zero-order valence-corrected chi connectivity index (χ0v) is 14.6. The molecule has 0 aromatic heterocycles. The van der Waals surface area contributed by atoms with Gasteiger partial charge in [-0.1, -0.05) is 23.7 Å². The predicted molar refractivity (Wildman–Crippen MR) is 93.9 cm³/mol. The number of anilines is 1. The molecule has 0 bridgehead atoms. The molecule has 0 unspecified atom stereocenters. The van der Waals surface area contributed by atoms with Gasteiger partial charge in [0.25, 0.3) is 10.0 Å². The highest BCUT2D eigenvalue weighted by Crippen LogP contribution is 2.28. The Morgan fingerprint density at radius 2 is 2.00 bits per heavy atom. The predicted octanol–water partition coefficient (Wildman–Crippen LogP) is 4.04. The zero-order chi connectivity index (χ0) is 17.0. The number of hydrogen-bond donors (Lipinski definition) is 0. The Hall–Kier alpha value is -1.98. The number of methoxy groups -OCH3 is 1. The number of nitrogens with zero attached hydrogens (tertiary/aromatic N) is 1. The number of ether oxygens (including phenoxy) is 1. The first kappa shape index (κ1) is 17.4. The van der Waals surface area contributed by atoms with E-state index in [0.29, 0.717) is 16.5 Å². The van der Waals surface area contributed by atoms with Gasteiger partial charge in [-0.2, -0.15) is 0 Å². The summed E-state index contributed by atoms with van der Waals surface area (Å²) < 4.78 is 32.4. The van der Waals surface area contributed by atoms with Gasteiger partial charge in [-0.25, -0.2) is 8.42 Å². The maximum atomic E-state index is 13.0. The quantitative estimate of drug-likeness (QED) is 0.738. The summed E-state index contributed by atoms with van der Waals surface area (Å²) in [7, 11) is -2.18. The van der Waals surface area contributed by atoms with E-state index < -0.39 is 10.0 Å². The fourth-order valence-electron chi connectivity index (χ4n) is 2.23. The van der Waals surface area contributed by atoms with Crippen molar-refractivity contribution in [3.05, 3.63) is 65.7 Å². The van der Waals surface area contributed by atoms with Crippen molar-refractivity contribution in [1.82, 2.24) is 0 Å². The van der Waals surface area contributed by atoms with Crippen LogP contribution in [-0.4, -0.2) is 22.1 Å². The largest absolute Gasteiger partial charge is 0.496 e. The van der Waals surface area contributed by atoms with E-state index in [-0.39, 0.29) is 11.4 Å². The van der Waals surface area contributed by atoms with Crippen molar-refractivity contribution < 1.29 is 13.2 Å². The van der Waals surface area contributed by atoms with E-state index in [1.807, 2.05) is 0 Å². The standard InChI is InChI=1S/C17H18ClNO3S/c1-4-10-19(15-7-5-6-14(18)12-15)23(20,21)16-8-9-17(22-3)13(2)11-16/h4-9,11-12H,1,10H2,2-3H3. The van der Waals surface area contributed by atoms with Crippen molar-refractivity contribution in [2.75, 3.05) is 18.0 Å². The van der Waals surface area contributed by atoms with E-state index in [1.54, 1.807) is 50.4 Å². The monoisotopic (exact) mass is 351 g/mol. The average Bonchev–Trinajstić information content (AvgIpc) is 2.52. The van der Waals surface area contributed by atoms with Crippen LogP contribution in [0.3, 0.4) is 0 Å². The average molecular weight is 352 g/mol. The topological polar surface area (TPSA) is 46.6 Å². The second kappa shape index (κ2) is 7.06. The molecular formula is C17H18ClNO3S. The summed E-state index contributed by atoms with van der Waals surface area (Å²) >= 11 is 5.99. The molecule has 23 heavy (non-hydrogen) atoms. The Labute approximate surface area is 142 Å². The summed E-state index contributed by atoms with van der Waals surface area (Å²) in [4.78, 5) is 0.192. The van der Waals surface area contributed by atoms with Crippen molar-refractivity contribution in [3.8, 4) is 5.75 Å². The van der Waals surface area contributed by atoms with Crippen LogP contribution in [0.2, 0.25) is 5.02 Å². The van der Waals surface area contributed by atoms with Crippen LogP contribution in [-0.2, 0) is 10.0 Å². The summed E-state index contributed by atoms with van der Waals surface area (Å²) in [5.74, 6) is 0.641. The molecule has 6 heteroatoms. The molecule has 0 fully saturated rings. The Morgan fingerprint density at radius 1 is 1.26 bits per heavy atom. The normalized spacial score (nSPS) is 11.1. The molecule has 2 aromatic rings. The first-order valence-corrected chi connectivity index (χ1v) is 8.76. The number of aryl methyl sites for hydroxylation is 1.